The molecule has 0 aliphatic rings. The molecular formula is C28H30N4OS2. The maximum absolute atomic E-state index is 12.9. The number of nitrogens with one attached hydrogen (secondary N) is 3. The van der Waals surface area contributed by atoms with E-state index in [1.165, 1.54) is 0 Å². The second kappa shape index (κ2) is 11.1. The lowest BCUT2D eigenvalue weighted by molar-refractivity contribution is 0.0950. The van der Waals surface area contributed by atoms with Crippen molar-refractivity contribution in [1.82, 2.24) is 15.0 Å². The van der Waals surface area contributed by atoms with Crippen molar-refractivity contribution in [2.75, 3.05) is 12.4 Å². The van der Waals surface area contributed by atoms with Crippen LogP contribution in [0.1, 0.15) is 36.7 Å². The summed E-state index contributed by atoms with van der Waals surface area (Å²) in [5.41, 5.74) is 4.83. The molecule has 0 aliphatic carbocycles. The minimum atomic E-state index is -0.0902. The van der Waals surface area contributed by atoms with Crippen molar-refractivity contribution in [3.05, 3.63) is 90.1 Å². The fraction of sp³-hybridized carbons (Fsp3) is 0.214. The van der Waals surface area contributed by atoms with E-state index in [0.717, 1.165) is 37.2 Å². The third kappa shape index (κ3) is 6.72. The topological polar surface area (TPSA) is 66.0 Å². The molecule has 0 fully saturated rings. The summed E-state index contributed by atoms with van der Waals surface area (Å²) in [6, 6.07) is 24.0. The summed E-state index contributed by atoms with van der Waals surface area (Å²) < 4.78 is 3.49. The molecule has 5 nitrogen and oxygen atoms in total. The first-order valence-corrected chi connectivity index (χ1v) is 13.1. The number of benzene rings is 3. The minimum absolute atomic E-state index is 0.0819. The van der Waals surface area contributed by atoms with Gasteiger partial charge in [-0.15, -0.1) is 11.3 Å². The molecule has 1 amide bonds. The van der Waals surface area contributed by atoms with Gasteiger partial charge in [-0.25, -0.2) is 4.98 Å². The van der Waals surface area contributed by atoms with Crippen LogP contribution in [-0.4, -0.2) is 23.5 Å². The molecule has 4 rings (SSSR count). The van der Waals surface area contributed by atoms with Crippen LogP contribution in [0.25, 0.3) is 21.0 Å². The fourth-order valence-corrected chi connectivity index (χ4v) is 5.27. The molecule has 0 spiro atoms. The van der Waals surface area contributed by atoms with Gasteiger partial charge in [-0.05, 0) is 74.7 Å². The van der Waals surface area contributed by atoms with Crippen LogP contribution in [-0.2, 0) is 6.54 Å². The average Bonchev–Trinajstić information content (AvgIpc) is 3.36. The van der Waals surface area contributed by atoms with Gasteiger partial charge in [-0.1, -0.05) is 36.4 Å². The number of carbonyl (C=O) groups excluding carboxylic acids is 1. The van der Waals surface area contributed by atoms with Crippen LogP contribution in [0.3, 0.4) is 0 Å². The standard InChI is InChI=1S/C28H30N4OS2/c1-28(2,3)32-35-24-16-21(26(33)30-17-19-8-6-5-7-9-19)12-15-23(24)25-18-31-27(34-25)20-10-13-22(29-4)14-11-20/h5-16,18,29,32H,17H2,1-4H3,(H,30,33). The summed E-state index contributed by atoms with van der Waals surface area (Å²) in [5, 5.41) is 7.13. The van der Waals surface area contributed by atoms with E-state index in [1.807, 2.05) is 73.9 Å². The lowest BCUT2D eigenvalue weighted by Crippen LogP contribution is -2.29. The molecule has 0 atom stereocenters. The summed E-state index contributed by atoms with van der Waals surface area (Å²) >= 11 is 3.19. The Labute approximate surface area is 215 Å². The average molecular weight is 503 g/mol. The molecule has 7 heteroatoms. The van der Waals surface area contributed by atoms with E-state index in [1.54, 1.807) is 23.3 Å². The zero-order valence-corrected chi connectivity index (χ0v) is 22.0. The highest BCUT2D eigenvalue weighted by molar-refractivity contribution is 7.97. The Morgan fingerprint density at radius 1 is 1.00 bits per heavy atom. The normalized spacial score (nSPS) is 11.3. The Morgan fingerprint density at radius 3 is 2.43 bits per heavy atom. The number of anilines is 1. The van der Waals surface area contributed by atoms with Crippen LogP contribution in [0.2, 0.25) is 0 Å². The first-order valence-electron chi connectivity index (χ1n) is 11.5. The highest BCUT2D eigenvalue weighted by atomic mass is 32.2. The molecule has 0 bridgehead atoms. The van der Waals surface area contributed by atoms with E-state index in [0.29, 0.717) is 12.1 Å². The van der Waals surface area contributed by atoms with E-state index in [9.17, 15) is 4.79 Å². The zero-order chi connectivity index (χ0) is 24.8. The van der Waals surface area contributed by atoms with E-state index >= 15 is 0 Å². The van der Waals surface area contributed by atoms with Crippen LogP contribution < -0.4 is 15.4 Å². The molecule has 0 unspecified atom stereocenters. The van der Waals surface area contributed by atoms with Crippen LogP contribution in [0.5, 0.6) is 0 Å². The maximum atomic E-state index is 12.9. The van der Waals surface area contributed by atoms with Gasteiger partial charge in [0.25, 0.3) is 5.91 Å². The number of carbonyl (C=O) groups is 1. The Hall–Kier alpha value is -3.13. The zero-order valence-electron chi connectivity index (χ0n) is 20.4. The first kappa shape index (κ1) is 25.0. The molecule has 3 aromatic carbocycles. The quantitative estimate of drug-likeness (QED) is 0.230. The van der Waals surface area contributed by atoms with Gasteiger partial charge in [0.2, 0.25) is 0 Å². The van der Waals surface area contributed by atoms with Gasteiger partial charge in [-0.3, -0.25) is 9.52 Å². The second-order valence-corrected chi connectivity index (χ2v) is 11.1. The molecule has 4 aromatic rings. The van der Waals surface area contributed by atoms with Gasteiger partial charge >= 0.3 is 0 Å². The van der Waals surface area contributed by atoms with Crippen molar-refractivity contribution in [3.63, 3.8) is 0 Å². The van der Waals surface area contributed by atoms with Gasteiger partial charge in [0.1, 0.15) is 5.01 Å². The van der Waals surface area contributed by atoms with Gasteiger partial charge in [-0.2, -0.15) is 0 Å². The summed E-state index contributed by atoms with van der Waals surface area (Å²) in [6.45, 7) is 6.86. The molecule has 0 radical (unpaired) electrons. The lowest BCUT2D eigenvalue weighted by atomic mass is 10.1. The van der Waals surface area contributed by atoms with Gasteiger partial charge in [0.05, 0.1) is 4.88 Å². The number of nitrogens with zero attached hydrogens (tertiary/aromatic N) is 1. The monoisotopic (exact) mass is 502 g/mol. The molecule has 1 aromatic heterocycles. The maximum Gasteiger partial charge on any atom is 0.251 e. The number of amides is 1. The van der Waals surface area contributed by atoms with Gasteiger partial charge < -0.3 is 10.6 Å². The molecule has 0 saturated carbocycles. The highest BCUT2D eigenvalue weighted by Gasteiger charge is 2.17. The fourth-order valence-electron chi connectivity index (χ4n) is 3.35. The summed E-state index contributed by atoms with van der Waals surface area (Å²) in [5.74, 6) is -0.0902. The number of rotatable bonds is 8. The highest BCUT2D eigenvalue weighted by Crippen LogP contribution is 2.38. The Balaban J connectivity index is 1.59. The van der Waals surface area contributed by atoms with E-state index in [-0.39, 0.29) is 11.4 Å². The van der Waals surface area contributed by atoms with Crippen LogP contribution >= 0.6 is 23.3 Å². The van der Waals surface area contributed by atoms with Gasteiger partial charge in [0.15, 0.2) is 0 Å². The van der Waals surface area contributed by atoms with Crippen molar-refractivity contribution in [2.24, 2.45) is 0 Å². The summed E-state index contributed by atoms with van der Waals surface area (Å²) in [4.78, 5) is 19.6. The number of thiazole rings is 1. The lowest BCUT2D eigenvalue weighted by Gasteiger charge is -2.20. The van der Waals surface area contributed by atoms with E-state index in [2.05, 4.69) is 53.2 Å². The van der Waals surface area contributed by atoms with E-state index < -0.39 is 0 Å². The molecule has 180 valence electrons. The van der Waals surface area contributed by atoms with Crippen molar-refractivity contribution < 1.29 is 4.79 Å². The molecule has 0 saturated heterocycles. The van der Waals surface area contributed by atoms with Gasteiger partial charge in [0, 0.05) is 52.6 Å². The minimum Gasteiger partial charge on any atom is -0.388 e. The second-order valence-electron chi connectivity index (χ2n) is 9.19. The molecule has 1 heterocycles. The summed E-state index contributed by atoms with van der Waals surface area (Å²) in [6.07, 6.45) is 1.91. The van der Waals surface area contributed by atoms with Crippen LogP contribution in [0, 0.1) is 0 Å². The Kier molecular flexibility index (Phi) is 7.90. The Morgan fingerprint density at radius 2 is 1.74 bits per heavy atom. The molecule has 0 aliphatic heterocycles. The van der Waals surface area contributed by atoms with Crippen molar-refractivity contribution in [1.29, 1.82) is 0 Å². The number of aromatic nitrogens is 1. The van der Waals surface area contributed by atoms with Crippen molar-refractivity contribution in [2.45, 2.75) is 37.8 Å². The third-order valence-electron chi connectivity index (χ3n) is 5.20. The smallest absolute Gasteiger partial charge is 0.251 e. The number of hydrogen-bond acceptors (Lipinski definition) is 6. The molecule has 35 heavy (non-hydrogen) atoms. The molecule has 3 N–H and O–H groups in total. The Bertz CT molecular complexity index is 1280. The van der Waals surface area contributed by atoms with Crippen LogP contribution in [0.15, 0.2) is 83.9 Å². The first-order chi connectivity index (χ1) is 16.8. The third-order valence-corrected chi connectivity index (χ3v) is 7.55. The van der Waals surface area contributed by atoms with E-state index in [4.69, 9.17) is 0 Å². The predicted molar refractivity (Wildman–Crippen MR) is 149 cm³/mol. The predicted octanol–water partition coefficient (Wildman–Crippen LogP) is 6.84. The molecular weight excluding hydrogens is 472 g/mol. The van der Waals surface area contributed by atoms with Crippen LogP contribution in [0.4, 0.5) is 5.69 Å². The largest absolute Gasteiger partial charge is 0.388 e. The summed E-state index contributed by atoms with van der Waals surface area (Å²) in [7, 11) is 1.91. The number of hydrogen-bond donors (Lipinski definition) is 3. The van der Waals surface area contributed by atoms with Crippen molar-refractivity contribution >= 4 is 34.9 Å². The van der Waals surface area contributed by atoms with Crippen molar-refractivity contribution in [3.8, 4) is 21.0 Å². The SMILES string of the molecule is CNc1ccc(-c2ncc(-c3ccc(C(=O)NCc4ccccc4)cc3SNC(C)(C)C)s2)cc1.